The highest BCUT2D eigenvalue weighted by atomic mass is 16.6. The smallest absolute Gasteiger partial charge is 0.306 e. The molecule has 6 heteroatoms. The molecule has 0 N–H and O–H groups in total. The summed E-state index contributed by atoms with van der Waals surface area (Å²) in [6, 6.07) is 0. The lowest BCUT2D eigenvalue weighted by Crippen LogP contribution is -2.30. The molecule has 0 aromatic carbocycles. The molecule has 71 heavy (non-hydrogen) atoms. The standard InChI is InChI=1S/C65H108O6/c1-4-7-10-13-15-17-19-21-23-25-27-29-30-31-32-33-34-36-37-39-41-43-45-47-49-52-55-58-64(67)70-61-62(60-69-63(66)57-54-51-12-9-6-3)71-65(68)59-56-53-50-48-46-44-42-40-38-35-28-26-24-22-20-18-16-14-11-8-5-2/h8,11,16,18-19,21-22,24-25,27-28,30-31,35,40,42,46,48,62H,4-7,9-10,12-15,17,20,23,26,29,32-34,36-39,41,43-45,47,49-61H2,1-3H3/b11-8-,18-16-,21-19-,24-22-,27-25-,31-30-,35-28-,42-40-,48-46-. The number of unbranched alkanes of at least 4 members (excludes halogenated alkanes) is 23. The van der Waals surface area contributed by atoms with E-state index in [1.54, 1.807) is 0 Å². The van der Waals surface area contributed by atoms with Crippen LogP contribution in [0.4, 0.5) is 0 Å². The van der Waals surface area contributed by atoms with E-state index >= 15 is 0 Å². The zero-order valence-electron chi connectivity index (χ0n) is 46.2. The first-order chi connectivity index (χ1) is 35.0. The monoisotopic (exact) mass is 985 g/mol. The van der Waals surface area contributed by atoms with E-state index in [4.69, 9.17) is 14.2 Å². The molecule has 0 aromatic rings. The highest BCUT2D eigenvalue weighted by Gasteiger charge is 2.19. The molecule has 0 aliphatic carbocycles. The molecule has 0 rings (SSSR count). The SMILES string of the molecule is CC/C=C\C/C=C\C/C=C\C/C=C\C/C=C\C/C=C\CCCCC(=O)OC(COC(=O)CCCCCCC)COC(=O)CCCCCCCCCCCCCC/C=C\C/C=C\C/C=C\CCCCCCC. The molecule has 6 nitrogen and oxygen atoms in total. The second kappa shape index (κ2) is 58.6. The number of hydrogen-bond donors (Lipinski definition) is 0. The molecule has 0 bridgehead atoms. The molecule has 0 saturated heterocycles. The molecule has 0 spiro atoms. The molecule has 404 valence electrons. The van der Waals surface area contributed by atoms with Gasteiger partial charge in [0.25, 0.3) is 0 Å². The van der Waals surface area contributed by atoms with Crippen molar-refractivity contribution in [2.24, 2.45) is 0 Å². The van der Waals surface area contributed by atoms with Crippen molar-refractivity contribution in [1.29, 1.82) is 0 Å². The molecular formula is C65H108O6. The van der Waals surface area contributed by atoms with Crippen LogP contribution in [0.1, 0.15) is 265 Å². The summed E-state index contributed by atoms with van der Waals surface area (Å²) in [5, 5.41) is 0. The Morgan fingerprint density at radius 3 is 0.887 bits per heavy atom. The zero-order chi connectivity index (χ0) is 51.4. The summed E-state index contributed by atoms with van der Waals surface area (Å²) in [5.41, 5.74) is 0. The minimum Gasteiger partial charge on any atom is -0.462 e. The number of ether oxygens (including phenoxy) is 3. The maximum Gasteiger partial charge on any atom is 0.306 e. The number of allylic oxidation sites excluding steroid dienone is 18. The predicted molar refractivity (Wildman–Crippen MR) is 307 cm³/mol. The van der Waals surface area contributed by atoms with Crippen LogP contribution in [0.15, 0.2) is 109 Å². The number of hydrogen-bond acceptors (Lipinski definition) is 6. The summed E-state index contributed by atoms with van der Waals surface area (Å²) in [5.74, 6) is -0.958. The van der Waals surface area contributed by atoms with Crippen LogP contribution in [-0.2, 0) is 28.6 Å². The lowest BCUT2D eigenvalue weighted by Gasteiger charge is -2.18. The van der Waals surface area contributed by atoms with Crippen molar-refractivity contribution in [1.82, 2.24) is 0 Å². The number of carbonyl (C=O) groups is 3. The minimum atomic E-state index is -0.800. The van der Waals surface area contributed by atoms with Gasteiger partial charge in [-0.2, -0.15) is 0 Å². The van der Waals surface area contributed by atoms with Crippen molar-refractivity contribution < 1.29 is 28.6 Å². The molecule has 0 radical (unpaired) electrons. The number of rotatable bonds is 52. The van der Waals surface area contributed by atoms with Crippen LogP contribution < -0.4 is 0 Å². The van der Waals surface area contributed by atoms with Crippen molar-refractivity contribution in [2.45, 2.75) is 271 Å². The largest absolute Gasteiger partial charge is 0.462 e. The predicted octanol–water partition coefficient (Wildman–Crippen LogP) is 19.9. The molecule has 0 aliphatic heterocycles. The van der Waals surface area contributed by atoms with Crippen LogP contribution in [0.2, 0.25) is 0 Å². The maximum atomic E-state index is 12.8. The van der Waals surface area contributed by atoms with Gasteiger partial charge in [-0.1, -0.05) is 246 Å². The fraction of sp³-hybridized carbons (Fsp3) is 0.677. The van der Waals surface area contributed by atoms with Gasteiger partial charge in [0.15, 0.2) is 6.10 Å². The van der Waals surface area contributed by atoms with E-state index in [-0.39, 0.29) is 37.5 Å². The maximum absolute atomic E-state index is 12.8. The average molecular weight is 986 g/mol. The van der Waals surface area contributed by atoms with Gasteiger partial charge in [0.2, 0.25) is 0 Å². The third-order valence-corrected chi connectivity index (χ3v) is 12.3. The zero-order valence-corrected chi connectivity index (χ0v) is 46.2. The summed E-state index contributed by atoms with van der Waals surface area (Å²) in [4.78, 5) is 37.8. The first kappa shape index (κ1) is 67.1. The molecule has 0 aliphatic rings. The van der Waals surface area contributed by atoms with Gasteiger partial charge >= 0.3 is 17.9 Å². The van der Waals surface area contributed by atoms with Crippen LogP contribution in [0.3, 0.4) is 0 Å². The van der Waals surface area contributed by atoms with Crippen molar-refractivity contribution in [2.75, 3.05) is 13.2 Å². The third kappa shape index (κ3) is 56.9. The second-order valence-electron chi connectivity index (χ2n) is 19.2. The number of carbonyl (C=O) groups excluding carboxylic acids is 3. The molecule has 0 heterocycles. The van der Waals surface area contributed by atoms with Gasteiger partial charge in [0, 0.05) is 19.3 Å². The molecule has 1 unspecified atom stereocenters. The third-order valence-electron chi connectivity index (χ3n) is 12.3. The first-order valence-electron chi connectivity index (χ1n) is 29.4. The van der Waals surface area contributed by atoms with E-state index in [0.29, 0.717) is 19.3 Å². The Morgan fingerprint density at radius 2 is 0.549 bits per heavy atom. The lowest BCUT2D eigenvalue weighted by atomic mass is 10.0. The summed E-state index contributed by atoms with van der Waals surface area (Å²) < 4.78 is 16.7. The highest BCUT2D eigenvalue weighted by Crippen LogP contribution is 2.15. The summed E-state index contributed by atoms with van der Waals surface area (Å²) in [7, 11) is 0. The van der Waals surface area contributed by atoms with Gasteiger partial charge in [-0.25, -0.2) is 0 Å². The molecule has 0 amide bonds. The molecule has 0 fully saturated rings. The van der Waals surface area contributed by atoms with Gasteiger partial charge in [0.05, 0.1) is 0 Å². The Kier molecular flexibility index (Phi) is 55.4. The van der Waals surface area contributed by atoms with Crippen LogP contribution in [0, 0.1) is 0 Å². The van der Waals surface area contributed by atoms with Gasteiger partial charge in [0.1, 0.15) is 13.2 Å². The van der Waals surface area contributed by atoms with Crippen LogP contribution in [-0.4, -0.2) is 37.2 Å². The molecule has 0 aromatic heterocycles. The van der Waals surface area contributed by atoms with Crippen LogP contribution in [0.25, 0.3) is 0 Å². The van der Waals surface area contributed by atoms with E-state index in [1.165, 1.54) is 103 Å². The Labute approximate surface area is 438 Å². The van der Waals surface area contributed by atoms with Gasteiger partial charge < -0.3 is 14.2 Å². The Bertz CT molecular complexity index is 1460. The summed E-state index contributed by atoms with van der Waals surface area (Å²) >= 11 is 0. The van der Waals surface area contributed by atoms with E-state index < -0.39 is 6.10 Å². The van der Waals surface area contributed by atoms with Gasteiger partial charge in [-0.3, -0.25) is 14.4 Å². The second-order valence-corrected chi connectivity index (χ2v) is 19.2. The van der Waals surface area contributed by atoms with Crippen molar-refractivity contribution in [3.05, 3.63) is 109 Å². The summed E-state index contributed by atoms with van der Waals surface area (Å²) in [6.45, 7) is 6.39. The number of esters is 3. The van der Waals surface area contributed by atoms with Crippen molar-refractivity contribution in [3.63, 3.8) is 0 Å². The van der Waals surface area contributed by atoms with Crippen LogP contribution in [0.5, 0.6) is 0 Å². The Balaban J connectivity index is 4.16. The normalized spacial score (nSPS) is 12.9. The van der Waals surface area contributed by atoms with Crippen molar-refractivity contribution in [3.8, 4) is 0 Å². The first-order valence-corrected chi connectivity index (χ1v) is 29.4. The van der Waals surface area contributed by atoms with E-state index in [0.717, 1.165) is 116 Å². The molecule has 1 atom stereocenters. The van der Waals surface area contributed by atoms with Gasteiger partial charge in [-0.15, -0.1) is 0 Å². The van der Waals surface area contributed by atoms with E-state index in [9.17, 15) is 14.4 Å². The topological polar surface area (TPSA) is 78.9 Å². The Morgan fingerprint density at radius 1 is 0.296 bits per heavy atom. The van der Waals surface area contributed by atoms with Crippen LogP contribution >= 0.6 is 0 Å². The van der Waals surface area contributed by atoms with E-state index in [2.05, 4.69) is 130 Å². The average Bonchev–Trinajstić information content (AvgIpc) is 3.37. The fourth-order valence-corrected chi connectivity index (χ4v) is 7.86. The van der Waals surface area contributed by atoms with E-state index in [1.807, 2.05) is 0 Å². The Hall–Kier alpha value is -3.93. The summed E-state index contributed by atoms with van der Waals surface area (Å²) in [6.07, 6.45) is 79.9. The fourth-order valence-electron chi connectivity index (χ4n) is 7.86. The lowest BCUT2D eigenvalue weighted by molar-refractivity contribution is -0.167. The highest BCUT2D eigenvalue weighted by molar-refractivity contribution is 5.71. The quantitative estimate of drug-likeness (QED) is 0.0261. The van der Waals surface area contributed by atoms with Gasteiger partial charge in [-0.05, 0) is 109 Å². The van der Waals surface area contributed by atoms with Crippen molar-refractivity contribution >= 4 is 17.9 Å². The molecule has 0 saturated carbocycles. The molecular weight excluding hydrogens is 877 g/mol. The minimum absolute atomic E-state index is 0.0976.